The van der Waals surface area contributed by atoms with Crippen LogP contribution in [-0.4, -0.2) is 60.2 Å². The van der Waals surface area contributed by atoms with Crippen molar-refractivity contribution in [3.8, 4) is 0 Å². The first-order chi connectivity index (χ1) is 10.8. The largest absolute Gasteiger partial charge is 0.394 e. The lowest BCUT2D eigenvalue weighted by Gasteiger charge is -2.27. The highest BCUT2D eigenvalue weighted by molar-refractivity contribution is 6.08. The number of anilines is 1. The zero-order valence-electron chi connectivity index (χ0n) is 12.2. The molecule has 1 aliphatic rings. The third kappa shape index (κ3) is 2.15. The van der Waals surface area contributed by atoms with E-state index < -0.39 is 36.6 Å². The molecule has 2 aromatic heterocycles. The number of fused-ring (bicyclic) bond motifs is 1. The van der Waals surface area contributed by atoms with Crippen LogP contribution in [0.5, 0.6) is 0 Å². The molecule has 0 radical (unpaired) electrons. The van der Waals surface area contributed by atoms with Crippen molar-refractivity contribution in [3.05, 3.63) is 18.1 Å². The number of amides is 1. The lowest BCUT2D eigenvalue weighted by Crippen LogP contribution is -2.44. The molecule has 0 spiro atoms. The topological polar surface area (TPSA) is 170 Å². The molecule has 1 fully saturated rings. The van der Waals surface area contributed by atoms with Crippen LogP contribution >= 0.6 is 0 Å². The smallest absolute Gasteiger partial charge is 0.251 e. The summed E-state index contributed by atoms with van der Waals surface area (Å²) in [5.41, 5.74) is 9.71. The van der Waals surface area contributed by atoms with Gasteiger partial charge >= 0.3 is 0 Å². The Morgan fingerprint density at radius 3 is 2.78 bits per heavy atom. The van der Waals surface area contributed by atoms with Crippen LogP contribution in [0.4, 0.5) is 5.82 Å². The fraction of sp³-hybridized carbons (Fsp3) is 0.462. The number of hydrogen-bond donors (Lipinski definition) is 5. The van der Waals surface area contributed by atoms with Crippen LogP contribution in [-0.2, 0) is 4.74 Å². The van der Waals surface area contributed by atoms with E-state index in [0.717, 1.165) is 0 Å². The molecule has 1 amide bonds. The first-order valence-electron chi connectivity index (χ1n) is 6.86. The van der Waals surface area contributed by atoms with Gasteiger partial charge in [-0.15, -0.1) is 0 Å². The van der Waals surface area contributed by atoms with Crippen molar-refractivity contribution in [3.63, 3.8) is 0 Å². The molecule has 0 saturated carbocycles. The highest BCUT2D eigenvalue weighted by Crippen LogP contribution is 2.40. The van der Waals surface area contributed by atoms with Crippen LogP contribution in [0.2, 0.25) is 0 Å². The Kier molecular flexibility index (Phi) is 3.48. The number of ether oxygens (including phenoxy) is 1. The lowest BCUT2D eigenvalue weighted by molar-refractivity contribution is -0.0948. The first-order valence-corrected chi connectivity index (χ1v) is 6.86. The van der Waals surface area contributed by atoms with Gasteiger partial charge in [-0.05, 0) is 6.92 Å². The monoisotopic (exact) mass is 323 g/mol. The number of rotatable bonds is 3. The second-order valence-electron chi connectivity index (χ2n) is 5.65. The Bertz CT molecular complexity index is 773. The van der Waals surface area contributed by atoms with Gasteiger partial charge in [0, 0.05) is 6.20 Å². The van der Waals surface area contributed by atoms with Crippen molar-refractivity contribution >= 4 is 22.8 Å². The van der Waals surface area contributed by atoms with Crippen molar-refractivity contribution in [1.82, 2.24) is 14.5 Å². The van der Waals surface area contributed by atoms with E-state index in [0.29, 0.717) is 0 Å². The molecular weight excluding hydrogens is 306 g/mol. The van der Waals surface area contributed by atoms with Gasteiger partial charge in [0.05, 0.1) is 17.6 Å². The van der Waals surface area contributed by atoms with Gasteiger partial charge in [0.1, 0.15) is 35.6 Å². The number of nitrogen functional groups attached to an aromatic ring is 1. The summed E-state index contributed by atoms with van der Waals surface area (Å²) in [5.74, 6) is -0.688. The van der Waals surface area contributed by atoms with Crippen molar-refractivity contribution in [2.45, 2.75) is 31.0 Å². The minimum atomic E-state index is -1.73. The van der Waals surface area contributed by atoms with Crippen LogP contribution in [0.15, 0.2) is 12.5 Å². The van der Waals surface area contributed by atoms with Gasteiger partial charge in [-0.3, -0.25) is 4.79 Å². The summed E-state index contributed by atoms with van der Waals surface area (Å²) in [6.07, 6.45) is -0.874. The maximum absolute atomic E-state index is 11.6. The summed E-state index contributed by atoms with van der Waals surface area (Å²) in [6, 6.07) is 0. The first kappa shape index (κ1) is 15.6. The molecule has 1 unspecified atom stereocenters. The quantitative estimate of drug-likeness (QED) is 0.436. The highest BCUT2D eigenvalue weighted by Gasteiger charge is 2.53. The van der Waals surface area contributed by atoms with Gasteiger partial charge < -0.3 is 36.1 Å². The van der Waals surface area contributed by atoms with Crippen LogP contribution in [0.1, 0.15) is 23.5 Å². The fourth-order valence-electron chi connectivity index (χ4n) is 2.86. The van der Waals surface area contributed by atoms with Crippen LogP contribution < -0.4 is 11.5 Å². The molecule has 0 aromatic carbocycles. The zero-order chi connectivity index (χ0) is 16.9. The predicted molar refractivity (Wildman–Crippen MR) is 78.1 cm³/mol. The summed E-state index contributed by atoms with van der Waals surface area (Å²) < 4.78 is 6.88. The van der Waals surface area contributed by atoms with E-state index in [9.17, 15) is 20.1 Å². The van der Waals surface area contributed by atoms with E-state index >= 15 is 0 Å². The summed E-state index contributed by atoms with van der Waals surface area (Å²) >= 11 is 0. The average Bonchev–Trinajstić information content (AvgIpc) is 2.97. The predicted octanol–water partition coefficient (Wildman–Crippen LogP) is -1.89. The molecule has 124 valence electrons. The number of nitrogens with zero attached hydrogens (tertiary/aromatic N) is 3. The molecule has 10 heteroatoms. The van der Waals surface area contributed by atoms with Crippen molar-refractivity contribution in [2.24, 2.45) is 5.73 Å². The number of aliphatic hydroxyl groups excluding tert-OH is 2. The minimum Gasteiger partial charge on any atom is -0.394 e. The summed E-state index contributed by atoms with van der Waals surface area (Å²) in [6.45, 7) is 0.880. The van der Waals surface area contributed by atoms with E-state index in [4.69, 9.17) is 16.2 Å². The van der Waals surface area contributed by atoms with Gasteiger partial charge in [0.25, 0.3) is 5.91 Å². The molecule has 3 rings (SSSR count). The van der Waals surface area contributed by atoms with E-state index in [1.807, 2.05) is 0 Å². The molecule has 0 aliphatic carbocycles. The maximum Gasteiger partial charge on any atom is 0.251 e. The Balaban J connectivity index is 2.21. The van der Waals surface area contributed by atoms with Crippen LogP contribution in [0, 0.1) is 0 Å². The SMILES string of the molecule is C[C@]1(O)C(n2cc(C(N)=O)c3c(N)ncnc32)O[C@H](CO)[C@H]1O. The van der Waals surface area contributed by atoms with Gasteiger partial charge in [-0.25, -0.2) is 9.97 Å². The number of carbonyl (C=O) groups excluding carboxylic acids is 1. The Morgan fingerprint density at radius 1 is 1.52 bits per heavy atom. The summed E-state index contributed by atoms with van der Waals surface area (Å²) in [4.78, 5) is 19.5. The molecule has 1 aliphatic heterocycles. The number of hydrogen-bond acceptors (Lipinski definition) is 8. The number of carbonyl (C=O) groups is 1. The van der Waals surface area contributed by atoms with Crippen LogP contribution in [0.3, 0.4) is 0 Å². The average molecular weight is 323 g/mol. The van der Waals surface area contributed by atoms with Crippen molar-refractivity contribution in [1.29, 1.82) is 0 Å². The van der Waals surface area contributed by atoms with Crippen LogP contribution in [0.25, 0.3) is 11.0 Å². The Morgan fingerprint density at radius 2 is 2.22 bits per heavy atom. The molecule has 3 heterocycles. The van der Waals surface area contributed by atoms with Gasteiger partial charge in [-0.1, -0.05) is 0 Å². The van der Waals surface area contributed by atoms with Gasteiger partial charge in [-0.2, -0.15) is 0 Å². The maximum atomic E-state index is 11.6. The molecular formula is C13H17N5O5. The molecule has 1 saturated heterocycles. The standard InChI is InChI=1S/C13H17N5O5/c1-13(22)8(20)6(3-19)23-12(13)18-2-5(10(15)21)7-9(14)16-4-17-11(7)18/h2,4,6,8,12,19-20,22H,3H2,1H3,(H2,15,21)(H2,14,16,17)/t6-,8-,12?,13-/m1/s1. The summed E-state index contributed by atoms with van der Waals surface area (Å²) in [5, 5.41) is 30.1. The molecule has 2 aromatic rings. The molecule has 4 atom stereocenters. The number of aromatic nitrogens is 3. The second kappa shape index (κ2) is 5.13. The Hall–Kier alpha value is -2.27. The normalized spacial score (nSPS) is 30.9. The minimum absolute atomic E-state index is 0.0550. The van der Waals surface area contributed by atoms with E-state index in [1.165, 1.54) is 24.0 Å². The number of primary amides is 1. The van der Waals surface area contributed by atoms with Crippen molar-refractivity contribution < 1.29 is 24.9 Å². The van der Waals surface area contributed by atoms with E-state index in [1.54, 1.807) is 0 Å². The number of nitrogens with two attached hydrogens (primary N) is 2. The Labute approximate surface area is 130 Å². The third-order valence-electron chi connectivity index (χ3n) is 4.09. The summed E-state index contributed by atoms with van der Waals surface area (Å²) in [7, 11) is 0. The number of aliphatic hydroxyl groups is 3. The zero-order valence-corrected chi connectivity index (χ0v) is 12.2. The van der Waals surface area contributed by atoms with E-state index in [2.05, 4.69) is 9.97 Å². The molecule has 10 nitrogen and oxygen atoms in total. The molecule has 23 heavy (non-hydrogen) atoms. The van der Waals surface area contributed by atoms with Gasteiger partial charge in [0.2, 0.25) is 0 Å². The third-order valence-corrected chi connectivity index (χ3v) is 4.09. The molecule has 7 N–H and O–H groups in total. The fourth-order valence-corrected chi connectivity index (χ4v) is 2.86. The van der Waals surface area contributed by atoms with E-state index in [-0.39, 0.29) is 22.4 Å². The van der Waals surface area contributed by atoms with Crippen molar-refractivity contribution in [2.75, 3.05) is 12.3 Å². The lowest BCUT2D eigenvalue weighted by atomic mass is 9.96. The van der Waals surface area contributed by atoms with Gasteiger partial charge in [0.15, 0.2) is 6.23 Å². The molecule has 0 bridgehead atoms. The highest BCUT2D eigenvalue weighted by atomic mass is 16.6. The second-order valence-corrected chi connectivity index (χ2v) is 5.65.